The van der Waals surface area contributed by atoms with Gasteiger partial charge < -0.3 is 9.80 Å². The molecule has 1 aliphatic heterocycles. The van der Waals surface area contributed by atoms with Crippen LogP contribution in [0.3, 0.4) is 0 Å². The van der Waals surface area contributed by atoms with Gasteiger partial charge in [-0.2, -0.15) is 0 Å². The summed E-state index contributed by atoms with van der Waals surface area (Å²) >= 11 is 0. The van der Waals surface area contributed by atoms with Crippen LogP contribution >= 0.6 is 0 Å². The van der Waals surface area contributed by atoms with E-state index in [0.29, 0.717) is 13.1 Å². The predicted octanol–water partition coefficient (Wildman–Crippen LogP) is 6.19. The number of aryl methyl sites for hydroxylation is 2. The number of anilines is 1. The highest BCUT2D eigenvalue weighted by Gasteiger charge is 2.29. The van der Waals surface area contributed by atoms with Crippen molar-refractivity contribution in [3.63, 3.8) is 0 Å². The molecule has 5 heteroatoms. The molecule has 38 heavy (non-hydrogen) atoms. The molecule has 0 N–H and O–H groups in total. The summed E-state index contributed by atoms with van der Waals surface area (Å²) in [4.78, 5) is 27.9. The molecule has 3 aromatic carbocycles. The number of nitrogens with zero attached hydrogens (tertiary/aromatic N) is 4. The third-order valence-electron chi connectivity index (χ3n) is 7.49. The van der Waals surface area contributed by atoms with Gasteiger partial charge in [0.25, 0.3) is 0 Å². The largest absolute Gasteiger partial charge is 0.353 e. The number of carbonyl (C=O) groups excluding carboxylic acids is 1. The molecule has 1 aromatic heterocycles. The minimum Gasteiger partial charge on any atom is -0.353 e. The zero-order valence-corrected chi connectivity index (χ0v) is 22.6. The molecule has 0 aliphatic carbocycles. The summed E-state index contributed by atoms with van der Waals surface area (Å²) < 4.78 is 0. The van der Waals surface area contributed by atoms with Crippen molar-refractivity contribution in [2.45, 2.75) is 39.5 Å². The van der Waals surface area contributed by atoms with Crippen LogP contribution in [-0.4, -0.2) is 47.0 Å². The summed E-state index contributed by atoms with van der Waals surface area (Å²) in [5.74, 6) is 1.87. The van der Waals surface area contributed by atoms with Crippen molar-refractivity contribution in [2.75, 3.05) is 31.1 Å². The Morgan fingerprint density at radius 2 is 1.53 bits per heavy atom. The SMILES string of the molecule is CCC(C(=O)N1CCN(c2nc(-c3ccccc3)nc(C)c2Cc2cccc(C)c2)CC1)c1ccccc1. The first-order valence-corrected chi connectivity index (χ1v) is 13.6. The molecule has 1 aliphatic rings. The molecular weight excluding hydrogens is 468 g/mol. The van der Waals surface area contributed by atoms with Gasteiger partial charge in [0.2, 0.25) is 5.91 Å². The monoisotopic (exact) mass is 504 g/mol. The Hall–Kier alpha value is -3.99. The van der Waals surface area contributed by atoms with Gasteiger partial charge >= 0.3 is 0 Å². The second-order valence-corrected chi connectivity index (χ2v) is 10.2. The minimum atomic E-state index is -0.0920. The Morgan fingerprint density at radius 1 is 0.842 bits per heavy atom. The average molecular weight is 505 g/mol. The van der Waals surface area contributed by atoms with Gasteiger partial charge in [0.15, 0.2) is 5.82 Å². The van der Waals surface area contributed by atoms with Crippen molar-refractivity contribution >= 4 is 11.7 Å². The number of benzene rings is 3. The lowest BCUT2D eigenvalue weighted by Gasteiger charge is -2.38. The molecule has 1 fully saturated rings. The van der Waals surface area contributed by atoms with Crippen LogP contribution in [-0.2, 0) is 11.2 Å². The topological polar surface area (TPSA) is 49.3 Å². The second kappa shape index (κ2) is 11.6. The molecule has 1 unspecified atom stereocenters. The zero-order valence-electron chi connectivity index (χ0n) is 22.6. The fourth-order valence-electron chi connectivity index (χ4n) is 5.39. The lowest BCUT2D eigenvalue weighted by Crippen LogP contribution is -2.50. The van der Waals surface area contributed by atoms with E-state index in [9.17, 15) is 4.79 Å². The van der Waals surface area contributed by atoms with Gasteiger partial charge in [-0.3, -0.25) is 4.79 Å². The highest BCUT2D eigenvalue weighted by molar-refractivity contribution is 5.84. The van der Waals surface area contributed by atoms with Crippen LogP contribution in [0.1, 0.15) is 47.2 Å². The van der Waals surface area contributed by atoms with E-state index in [2.05, 4.69) is 74.2 Å². The first-order valence-electron chi connectivity index (χ1n) is 13.6. The van der Waals surface area contributed by atoms with Crippen LogP contribution in [0.2, 0.25) is 0 Å². The van der Waals surface area contributed by atoms with Crippen LogP contribution in [0.5, 0.6) is 0 Å². The zero-order chi connectivity index (χ0) is 26.5. The van der Waals surface area contributed by atoms with Gasteiger partial charge in [0.1, 0.15) is 5.82 Å². The maximum absolute atomic E-state index is 13.5. The molecule has 2 heterocycles. The summed E-state index contributed by atoms with van der Waals surface area (Å²) in [5, 5.41) is 0. The number of piperazine rings is 1. The molecule has 5 nitrogen and oxygen atoms in total. The number of hydrogen-bond donors (Lipinski definition) is 0. The first-order chi connectivity index (χ1) is 18.5. The minimum absolute atomic E-state index is 0.0920. The second-order valence-electron chi connectivity index (χ2n) is 10.2. The van der Waals surface area contributed by atoms with E-state index in [-0.39, 0.29) is 11.8 Å². The maximum Gasteiger partial charge on any atom is 0.230 e. The number of carbonyl (C=O) groups is 1. The third kappa shape index (κ3) is 5.62. The quantitative estimate of drug-likeness (QED) is 0.301. The summed E-state index contributed by atoms with van der Waals surface area (Å²) in [6, 6.07) is 29.0. The van der Waals surface area contributed by atoms with Crippen LogP contribution in [0.4, 0.5) is 5.82 Å². The van der Waals surface area contributed by atoms with E-state index in [0.717, 1.165) is 60.0 Å². The fraction of sp³-hybridized carbons (Fsp3) is 0.303. The van der Waals surface area contributed by atoms with Crippen molar-refractivity contribution in [1.82, 2.24) is 14.9 Å². The first kappa shape index (κ1) is 25.7. The summed E-state index contributed by atoms with van der Waals surface area (Å²) in [7, 11) is 0. The summed E-state index contributed by atoms with van der Waals surface area (Å²) in [6.45, 7) is 9.20. The summed E-state index contributed by atoms with van der Waals surface area (Å²) in [6.07, 6.45) is 1.58. The molecule has 0 bridgehead atoms. The average Bonchev–Trinajstić information content (AvgIpc) is 2.95. The van der Waals surface area contributed by atoms with E-state index in [1.165, 1.54) is 11.1 Å². The van der Waals surface area contributed by atoms with Crippen molar-refractivity contribution in [3.8, 4) is 11.4 Å². The molecule has 0 radical (unpaired) electrons. The Kier molecular flexibility index (Phi) is 7.83. The Labute approximate surface area is 226 Å². The number of hydrogen-bond acceptors (Lipinski definition) is 4. The predicted molar refractivity (Wildman–Crippen MR) is 154 cm³/mol. The molecule has 1 amide bonds. The van der Waals surface area contributed by atoms with Gasteiger partial charge in [0, 0.05) is 49.4 Å². The Bertz CT molecular complexity index is 1380. The van der Waals surface area contributed by atoms with Crippen molar-refractivity contribution in [2.24, 2.45) is 0 Å². The Balaban J connectivity index is 1.42. The van der Waals surface area contributed by atoms with Gasteiger partial charge in [-0.25, -0.2) is 9.97 Å². The van der Waals surface area contributed by atoms with Gasteiger partial charge in [-0.05, 0) is 31.4 Å². The third-order valence-corrected chi connectivity index (χ3v) is 7.49. The lowest BCUT2D eigenvalue weighted by atomic mass is 9.94. The van der Waals surface area contributed by atoms with Crippen LogP contribution < -0.4 is 4.90 Å². The molecule has 5 rings (SSSR count). The lowest BCUT2D eigenvalue weighted by molar-refractivity contribution is -0.133. The normalized spacial score (nSPS) is 14.4. The highest BCUT2D eigenvalue weighted by Crippen LogP contribution is 2.29. The van der Waals surface area contributed by atoms with Crippen LogP contribution in [0.15, 0.2) is 84.9 Å². The Morgan fingerprint density at radius 3 is 2.18 bits per heavy atom. The highest BCUT2D eigenvalue weighted by atomic mass is 16.2. The summed E-state index contributed by atoms with van der Waals surface area (Å²) in [5.41, 5.74) is 6.78. The van der Waals surface area contributed by atoms with E-state index < -0.39 is 0 Å². The number of amides is 1. The molecule has 194 valence electrons. The molecular formula is C33H36N4O. The molecule has 4 aromatic rings. The van der Waals surface area contributed by atoms with Crippen LogP contribution in [0.25, 0.3) is 11.4 Å². The van der Waals surface area contributed by atoms with Crippen molar-refractivity contribution < 1.29 is 4.79 Å². The fourth-order valence-corrected chi connectivity index (χ4v) is 5.39. The molecule has 1 atom stereocenters. The number of aromatic nitrogens is 2. The van der Waals surface area contributed by atoms with Gasteiger partial charge in [-0.1, -0.05) is 97.4 Å². The smallest absolute Gasteiger partial charge is 0.230 e. The van der Waals surface area contributed by atoms with Gasteiger partial charge in [0.05, 0.1) is 5.92 Å². The van der Waals surface area contributed by atoms with Crippen molar-refractivity contribution in [3.05, 3.63) is 113 Å². The van der Waals surface area contributed by atoms with E-state index in [1.807, 2.05) is 41.3 Å². The van der Waals surface area contributed by atoms with Gasteiger partial charge in [-0.15, -0.1) is 0 Å². The van der Waals surface area contributed by atoms with E-state index >= 15 is 0 Å². The van der Waals surface area contributed by atoms with Crippen LogP contribution in [0, 0.1) is 13.8 Å². The maximum atomic E-state index is 13.5. The van der Waals surface area contributed by atoms with E-state index in [1.54, 1.807) is 0 Å². The molecule has 1 saturated heterocycles. The van der Waals surface area contributed by atoms with E-state index in [4.69, 9.17) is 9.97 Å². The molecule has 0 spiro atoms. The molecule has 0 saturated carbocycles. The standard InChI is InChI=1S/C33H36N4O/c1-4-29(27-14-7-5-8-15-27)33(38)37-20-18-36(19-21-37)32-30(23-26-13-11-12-24(2)22-26)25(3)34-31(35-32)28-16-9-6-10-17-28/h5-17,22,29H,4,18-21,23H2,1-3H3. The van der Waals surface area contributed by atoms with Crippen molar-refractivity contribution in [1.29, 1.82) is 0 Å². The number of rotatable bonds is 7.